The number of aromatic nitrogens is 1. The average Bonchev–Trinajstić information content (AvgIpc) is 2.88. The molecule has 0 atom stereocenters. The highest BCUT2D eigenvalue weighted by molar-refractivity contribution is 7.99. The molecule has 1 heterocycles. The number of benzene rings is 2. The van der Waals surface area contributed by atoms with Gasteiger partial charge in [-0.2, -0.15) is 0 Å². The summed E-state index contributed by atoms with van der Waals surface area (Å²) in [6, 6.07) is 15.1. The van der Waals surface area contributed by atoms with Gasteiger partial charge in [0.25, 0.3) is 5.22 Å². The van der Waals surface area contributed by atoms with Gasteiger partial charge in [-0.15, -0.1) is 0 Å². The van der Waals surface area contributed by atoms with Crippen molar-refractivity contribution >= 4 is 34.5 Å². The zero-order chi connectivity index (χ0) is 13.8. The van der Waals surface area contributed by atoms with Gasteiger partial charge in [-0.25, -0.2) is 4.98 Å². The maximum Gasteiger partial charge on any atom is 0.256 e. The predicted octanol–water partition coefficient (Wildman–Crippen LogP) is 4.65. The molecule has 0 amide bonds. The standard InChI is InChI=1S/C15H12ClNO2S/c16-11-5-7-12(8-6-11)18-9-10-20-15-17-13-3-1-2-4-14(13)19-15/h1-8H,9-10H2. The molecule has 20 heavy (non-hydrogen) atoms. The van der Waals surface area contributed by atoms with Crippen molar-refractivity contribution in [1.29, 1.82) is 0 Å². The fourth-order valence-corrected chi connectivity index (χ4v) is 2.51. The molecule has 102 valence electrons. The zero-order valence-corrected chi connectivity index (χ0v) is 12.2. The van der Waals surface area contributed by atoms with Crippen LogP contribution in [0.2, 0.25) is 5.02 Å². The number of nitrogens with zero attached hydrogens (tertiary/aromatic N) is 1. The van der Waals surface area contributed by atoms with Gasteiger partial charge in [0.2, 0.25) is 0 Å². The first-order valence-electron chi connectivity index (χ1n) is 6.18. The molecular weight excluding hydrogens is 294 g/mol. The smallest absolute Gasteiger partial charge is 0.256 e. The number of halogens is 1. The van der Waals surface area contributed by atoms with Gasteiger partial charge < -0.3 is 9.15 Å². The van der Waals surface area contributed by atoms with Gasteiger partial charge in [0.1, 0.15) is 11.3 Å². The molecule has 0 radical (unpaired) electrons. The summed E-state index contributed by atoms with van der Waals surface area (Å²) < 4.78 is 11.2. The van der Waals surface area contributed by atoms with Crippen molar-refractivity contribution in [3.8, 4) is 5.75 Å². The SMILES string of the molecule is Clc1ccc(OCCSc2nc3ccccc3o2)cc1. The second kappa shape index (κ2) is 6.20. The van der Waals surface area contributed by atoms with E-state index < -0.39 is 0 Å². The fraction of sp³-hybridized carbons (Fsp3) is 0.133. The molecule has 3 rings (SSSR count). The molecule has 0 saturated heterocycles. The van der Waals surface area contributed by atoms with Crippen LogP contribution in [0, 0.1) is 0 Å². The summed E-state index contributed by atoms with van der Waals surface area (Å²) >= 11 is 7.35. The Balaban J connectivity index is 1.51. The third kappa shape index (κ3) is 3.26. The molecule has 0 N–H and O–H groups in total. The van der Waals surface area contributed by atoms with Crippen molar-refractivity contribution < 1.29 is 9.15 Å². The predicted molar refractivity (Wildman–Crippen MR) is 81.7 cm³/mol. The van der Waals surface area contributed by atoms with Crippen LogP contribution < -0.4 is 4.74 Å². The molecule has 0 fully saturated rings. The van der Waals surface area contributed by atoms with Crippen molar-refractivity contribution in [2.45, 2.75) is 5.22 Å². The highest BCUT2D eigenvalue weighted by atomic mass is 35.5. The number of para-hydroxylation sites is 2. The molecule has 0 saturated carbocycles. The Morgan fingerprint density at radius 2 is 1.90 bits per heavy atom. The van der Waals surface area contributed by atoms with Crippen molar-refractivity contribution in [2.24, 2.45) is 0 Å². The quantitative estimate of drug-likeness (QED) is 0.507. The van der Waals surface area contributed by atoms with E-state index in [1.807, 2.05) is 48.5 Å². The van der Waals surface area contributed by atoms with Crippen LogP contribution in [0.5, 0.6) is 5.75 Å². The van der Waals surface area contributed by atoms with Gasteiger partial charge in [0.05, 0.1) is 6.61 Å². The van der Waals surface area contributed by atoms with E-state index in [0.29, 0.717) is 16.9 Å². The summed E-state index contributed by atoms with van der Waals surface area (Å²) in [7, 11) is 0. The lowest BCUT2D eigenvalue weighted by Gasteiger charge is -2.04. The molecule has 3 aromatic rings. The lowest BCUT2D eigenvalue weighted by Crippen LogP contribution is -1.99. The maximum atomic E-state index is 5.81. The molecule has 2 aromatic carbocycles. The summed E-state index contributed by atoms with van der Waals surface area (Å²) in [5.41, 5.74) is 1.70. The van der Waals surface area contributed by atoms with E-state index in [-0.39, 0.29) is 0 Å². The van der Waals surface area contributed by atoms with Crippen LogP contribution in [-0.4, -0.2) is 17.3 Å². The monoisotopic (exact) mass is 305 g/mol. The molecule has 5 heteroatoms. The molecule has 0 unspecified atom stereocenters. The molecule has 1 aromatic heterocycles. The number of thioether (sulfide) groups is 1. The number of ether oxygens (including phenoxy) is 1. The molecule has 0 spiro atoms. The van der Waals surface area contributed by atoms with E-state index >= 15 is 0 Å². The Hall–Kier alpha value is -1.65. The van der Waals surface area contributed by atoms with Crippen molar-refractivity contribution in [1.82, 2.24) is 4.98 Å². The van der Waals surface area contributed by atoms with Crippen molar-refractivity contribution in [3.63, 3.8) is 0 Å². The Bertz CT molecular complexity index is 663. The second-order valence-electron chi connectivity index (χ2n) is 4.10. The maximum absolute atomic E-state index is 5.81. The zero-order valence-electron chi connectivity index (χ0n) is 10.6. The van der Waals surface area contributed by atoms with Crippen LogP contribution in [0.15, 0.2) is 58.2 Å². The van der Waals surface area contributed by atoms with E-state index in [9.17, 15) is 0 Å². The first kappa shape index (κ1) is 13.3. The largest absolute Gasteiger partial charge is 0.493 e. The topological polar surface area (TPSA) is 35.3 Å². The Kier molecular flexibility index (Phi) is 4.14. The average molecular weight is 306 g/mol. The summed E-state index contributed by atoms with van der Waals surface area (Å²) in [6.45, 7) is 0.588. The number of hydrogen-bond acceptors (Lipinski definition) is 4. The number of hydrogen-bond donors (Lipinski definition) is 0. The molecule has 3 nitrogen and oxygen atoms in total. The van der Waals surface area contributed by atoms with Gasteiger partial charge >= 0.3 is 0 Å². The van der Waals surface area contributed by atoms with Crippen LogP contribution in [0.3, 0.4) is 0 Å². The van der Waals surface area contributed by atoms with Gasteiger partial charge in [-0.3, -0.25) is 0 Å². The normalized spacial score (nSPS) is 10.8. The number of fused-ring (bicyclic) bond motifs is 1. The molecule has 0 bridgehead atoms. The van der Waals surface area contributed by atoms with Crippen LogP contribution in [0.4, 0.5) is 0 Å². The lowest BCUT2D eigenvalue weighted by atomic mass is 10.3. The summed E-state index contributed by atoms with van der Waals surface area (Å²) in [4.78, 5) is 4.39. The first-order valence-corrected chi connectivity index (χ1v) is 7.54. The number of rotatable bonds is 5. The van der Waals surface area contributed by atoms with E-state index in [1.54, 1.807) is 0 Å². The summed E-state index contributed by atoms with van der Waals surface area (Å²) in [6.07, 6.45) is 0. The van der Waals surface area contributed by atoms with Gasteiger partial charge in [-0.1, -0.05) is 35.5 Å². The minimum atomic E-state index is 0.588. The van der Waals surface area contributed by atoms with Crippen molar-refractivity contribution in [2.75, 3.05) is 12.4 Å². The first-order chi connectivity index (χ1) is 9.81. The van der Waals surface area contributed by atoms with Crippen LogP contribution in [-0.2, 0) is 0 Å². The molecular formula is C15H12ClNO2S. The van der Waals surface area contributed by atoms with E-state index in [0.717, 1.165) is 22.6 Å². The van der Waals surface area contributed by atoms with E-state index in [1.165, 1.54) is 11.8 Å². The van der Waals surface area contributed by atoms with Crippen LogP contribution in [0.1, 0.15) is 0 Å². The summed E-state index contributed by atoms with van der Waals surface area (Å²) in [5.74, 6) is 1.59. The highest BCUT2D eigenvalue weighted by Gasteiger charge is 2.05. The van der Waals surface area contributed by atoms with E-state index in [2.05, 4.69) is 4.98 Å². The minimum Gasteiger partial charge on any atom is -0.493 e. The van der Waals surface area contributed by atoms with Gasteiger partial charge in [0.15, 0.2) is 5.58 Å². The van der Waals surface area contributed by atoms with Gasteiger partial charge in [0, 0.05) is 10.8 Å². The Morgan fingerprint density at radius 1 is 1.10 bits per heavy atom. The molecule has 0 aliphatic carbocycles. The second-order valence-corrected chi connectivity index (χ2v) is 5.58. The lowest BCUT2D eigenvalue weighted by molar-refractivity contribution is 0.343. The minimum absolute atomic E-state index is 0.588. The third-order valence-corrected chi connectivity index (χ3v) is 3.71. The highest BCUT2D eigenvalue weighted by Crippen LogP contribution is 2.23. The third-order valence-electron chi connectivity index (χ3n) is 2.67. The summed E-state index contributed by atoms with van der Waals surface area (Å²) in [5, 5.41) is 1.38. The van der Waals surface area contributed by atoms with Crippen molar-refractivity contribution in [3.05, 3.63) is 53.6 Å². The van der Waals surface area contributed by atoms with Gasteiger partial charge in [-0.05, 0) is 36.4 Å². The van der Waals surface area contributed by atoms with Crippen LogP contribution in [0.25, 0.3) is 11.1 Å². The molecule has 0 aliphatic heterocycles. The Morgan fingerprint density at radius 3 is 2.70 bits per heavy atom. The molecule has 0 aliphatic rings. The van der Waals surface area contributed by atoms with Crippen LogP contribution >= 0.6 is 23.4 Å². The Labute approximate surface area is 125 Å². The number of oxazole rings is 1. The van der Waals surface area contributed by atoms with E-state index in [4.69, 9.17) is 20.8 Å². The fourth-order valence-electron chi connectivity index (χ4n) is 1.73.